The molecule has 0 aliphatic heterocycles. The summed E-state index contributed by atoms with van der Waals surface area (Å²) >= 11 is 1.83. The Labute approximate surface area is 155 Å². The standard InChI is InChI=1S/C14H12N4O6S2/c1-7(19)24-9-4-8(5-15)12(17-11(9)13(22-2)23-3)26-14-16-6-10(25-14)18(20)21/h4,6,13H,1-3H3. The summed E-state index contributed by atoms with van der Waals surface area (Å²) in [5.74, 6) is -0.573. The van der Waals surface area contributed by atoms with Crippen molar-refractivity contribution in [1.82, 2.24) is 9.97 Å². The van der Waals surface area contributed by atoms with Crippen molar-refractivity contribution in [2.24, 2.45) is 0 Å². The number of ether oxygens (including phenoxy) is 3. The van der Waals surface area contributed by atoms with E-state index in [1.807, 2.05) is 6.07 Å². The lowest BCUT2D eigenvalue weighted by molar-refractivity contribution is -0.380. The first-order valence-electron chi connectivity index (χ1n) is 6.86. The molecule has 0 aliphatic rings. The van der Waals surface area contributed by atoms with Crippen LogP contribution in [0, 0.1) is 21.4 Å². The lowest BCUT2D eigenvalue weighted by Gasteiger charge is -2.17. The third-order valence-electron chi connectivity index (χ3n) is 2.84. The van der Waals surface area contributed by atoms with Crippen molar-refractivity contribution in [3.63, 3.8) is 0 Å². The molecule has 0 amide bonds. The average Bonchev–Trinajstić information content (AvgIpc) is 3.06. The molecular weight excluding hydrogens is 384 g/mol. The maximum absolute atomic E-state index is 11.3. The SMILES string of the molecule is COC(OC)c1nc(Sc2ncc([N+](=O)[O-])s2)c(C#N)cc1OC(C)=O. The maximum Gasteiger partial charge on any atom is 0.344 e. The van der Waals surface area contributed by atoms with Gasteiger partial charge < -0.3 is 14.2 Å². The number of methoxy groups -OCH3 is 2. The van der Waals surface area contributed by atoms with Crippen molar-refractivity contribution in [1.29, 1.82) is 5.26 Å². The second-order valence-electron chi connectivity index (χ2n) is 4.56. The number of pyridine rings is 1. The van der Waals surface area contributed by atoms with Gasteiger partial charge in [-0.25, -0.2) is 9.97 Å². The lowest BCUT2D eigenvalue weighted by Crippen LogP contribution is -2.12. The Kier molecular flexibility index (Phi) is 6.58. The highest BCUT2D eigenvalue weighted by Crippen LogP contribution is 2.38. The van der Waals surface area contributed by atoms with Crippen molar-refractivity contribution < 1.29 is 23.9 Å². The van der Waals surface area contributed by atoms with E-state index in [0.717, 1.165) is 29.3 Å². The van der Waals surface area contributed by atoms with Crippen LogP contribution in [0.2, 0.25) is 0 Å². The van der Waals surface area contributed by atoms with Crippen LogP contribution in [0.1, 0.15) is 24.5 Å². The molecule has 0 radical (unpaired) electrons. The predicted molar refractivity (Wildman–Crippen MR) is 89.9 cm³/mol. The van der Waals surface area contributed by atoms with E-state index in [2.05, 4.69) is 9.97 Å². The molecule has 0 aromatic carbocycles. The molecule has 10 nitrogen and oxygen atoms in total. The fourth-order valence-electron chi connectivity index (χ4n) is 1.84. The Morgan fingerprint density at radius 3 is 2.65 bits per heavy atom. The zero-order valence-corrected chi connectivity index (χ0v) is 15.4. The Morgan fingerprint density at radius 2 is 2.15 bits per heavy atom. The second-order valence-corrected chi connectivity index (χ2v) is 6.80. The third kappa shape index (κ3) is 4.52. The Morgan fingerprint density at radius 1 is 1.46 bits per heavy atom. The molecule has 0 aliphatic carbocycles. The molecule has 0 fully saturated rings. The first kappa shape index (κ1) is 19.7. The van der Waals surface area contributed by atoms with Crippen LogP contribution in [-0.4, -0.2) is 35.1 Å². The number of hydrogen-bond acceptors (Lipinski definition) is 11. The highest BCUT2D eigenvalue weighted by molar-refractivity contribution is 8.01. The van der Waals surface area contributed by atoms with Crippen LogP contribution in [0.15, 0.2) is 21.6 Å². The number of nitriles is 1. The van der Waals surface area contributed by atoms with E-state index in [1.54, 1.807) is 0 Å². The number of carbonyl (C=O) groups is 1. The fourth-order valence-corrected chi connectivity index (χ4v) is 3.59. The molecule has 0 unspecified atom stereocenters. The minimum Gasteiger partial charge on any atom is -0.425 e. The number of thiazole rings is 1. The van der Waals surface area contributed by atoms with E-state index < -0.39 is 17.2 Å². The molecule has 0 atom stereocenters. The fraction of sp³-hybridized carbons (Fsp3) is 0.286. The number of carbonyl (C=O) groups excluding carboxylic acids is 1. The number of esters is 1. The molecule has 0 N–H and O–H groups in total. The van der Waals surface area contributed by atoms with E-state index in [0.29, 0.717) is 4.34 Å². The summed E-state index contributed by atoms with van der Waals surface area (Å²) in [5.41, 5.74) is 0.261. The van der Waals surface area contributed by atoms with Gasteiger partial charge in [-0.05, 0) is 23.1 Å². The van der Waals surface area contributed by atoms with Crippen LogP contribution in [0.5, 0.6) is 5.75 Å². The smallest absolute Gasteiger partial charge is 0.344 e. The molecule has 26 heavy (non-hydrogen) atoms. The summed E-state index contributed by atoms with van der Waals surface area (Å²) in [6.45, 7) is 1.21. The Bertz CT molecular complexity index is 875. The number of aromatic nitrogens is 2. The van der Waals surface area contributed by atoms with Gasteiger partial charge in [-0.2, -0.15) is 5.26 Å². The maximum atomic E-state index is 11.3. The second kappa shape index (κ2) is 8.68. The van der Waals surface area contributed by atoms with E-state index in [-0.39, 0.29) is 27.0 Å². The van der Waals surface area contributed by atoms with Gasteiger partial charge in [-0.3, -0.25) is 14.9 Å². The zero-order chi connectivity index (χ0) is 19.3. The molecule has 12 heteroatoms. The number of rotatable bonds is 7. The van der Waals surface area contributed by atoms with E-state index in [9.17, 15) is 20.2 Å². The van der Waals surface area contributed by atoms with E-state index in [4.69, 9.17) is 14.2 Å². The molecule has 2 rings (SSSR count). The zero-order valence-electron chi connectivity index (χ0n) is 13.8. The van der Waals surface area contributed by atoms with Crippen molar-refractivity contribution in [2.75, 3.05) is 14.2 Å². The van der Waals surface area contributed by atoms with Gasteiger partial charge in [-0.15, -0.1) is 0 Å². The van der Waals surface area contributed by atoms with Gasteiger partial charge in [0.05, 0.1) is 10.5 Å². The van der Waals surface area contributed by atoms with Crippen LogP contribution in [-0.2, 0) is 14.3 Å². The van der Waals surface area contributed by atoms with Gasteiger partial charge in [0, 0.05) is 27.2 Å². The highest BCUT2D eigenvalue weighted by Gasteiger charge is 2.23. The summed E-state index contributed by atoms with van der Waals surface area (Å²) in [5, 5.41) is 20.2. The van der Waals surface area contributed by atoms with Gasteiger partial charge in [0.15, 0.2) is 10.1 Å². The molecule has 2 aromatic rings. The quantitative estimate of drug-likeness (QED) is 0.297. The summed E-state index contributed by atoms with van der Waals surface area (Å²) in [6.07, 6.45) is 0.183. The van der Waals surface area contributed by atoms with Crippen molar-refractivity contribution in [2.45, 2.75) is 22.6 Å². The molecule has 0 spiro atoms. The van der Waals surface area contributed by atoms with Gasteiger partial charge in [0.1, 0.15) is 23.0 Å². The monoisotopic (exact) mass is 396 g/mol. The molecule has 136 valence electrons. The summed E-state index contributed by atoms with van der Waals surface area (Å²) in [7, 11) is 2.76. The summed E-state index contributed by atoms with van der Waals surface area (Å²) in [6, 6.07) is 3.28. The van der Waals surface area contributed by atoms with Crippen LogP contribution in [0.25, 0.3) is 0 Å². The number of nitro groups is 1. The highest BCUT2D eigenvalue weighted by atomic mass is 32.2. The van der Waals surface area contributed by atoms with Crippen LogP contribution < -0.4 is 4.74 Å². The van der Waals surface area contributed by atoms with Gasteiger partial charge in [0.2, 0.25) is 6.29 Å². The molecular formula is C14H12N4O6S2. The van der Waals surface area contributed by atoms with Crippen LogP contribution in [0.4, 0.5) is 5.00 Å². The Hall–Kier alpha value is -2.59. The third-order valence-corrected chi connectivity index (χ3v) is 4.87. The first-order chi connectivity index (χ1) is 12.4. The summed E-state index contributed by atoms with van der Waals surface area (Å²) in [4.78, 5) is 29.8. The molecule has 2 aromatic heterocycles. The number of hydrogen-bond donors (Lipinski definition) is 0. The lowest BCUT2D eigenvalue weighted by atomic mass is 10.2. The molecule has 2 heterocycles. The van der Waals surface area contributed by atoms with E-state index >= 15 is 0 Å². The minimum absolute atomic E-state index is 0.0252. The molecule has 0 saturated carbocycles. The van der Waals surface area contributed by atoms with Crippen molar-refractivity contribution in [3.05, 3.63) is 33.6 Å². The Balaban J connectivity index is 2.49. The number of nitrogens with zero attached hydrogens (tertiary/aromatic N) is 4. The van der Waals surface area contributed by atoms with Gasteiger partial charge in [-0.1, -0.05) is 0 Å². The normalized spacial score (nSPS) is 10.6. The van der Waals surface area contributed by atoms with Crippen molar-refractivity contribution in [3.8, 4) is 11.8 Å². The van der Waals surface area contributed by atoms with Crippen LogP contribution in [0.3, 0.4) is 0 Å². The topological polar surface area (TPSA) is 137 Å². The van der Waals surface area contributed by atoms with E-state index in [1.165, 1.54) is 27.2 Å². The molecule has 0 bridgehead atoms. The van der Waals surface area contributed by atoms with Gasteiger partial charge in [0.25, 0.3) is 0 Å². The minimum atomic E-state index is -0.943. The largest absolute Gasteiger partial charge is 0.425 e. The summed E-state index contributed by atoms with van der Waals surface area (Å²) < 4.78 is 15.7. The molecule has 0 saturated heterocycles. The predicted octanol–water partition coefficient (Wildman–Crippen LogP) is 2.69. The average molecular weight is 396 g/mol. The first-order valence-corrected chi connectivity index (χ1v) is 8.50. The van der Waals surface area contributed by atoms with Crippen LogP contribution >= 0.6 is 23.1 Å². The van der Waals surface area contributed by atoms with Gasteiger partial charge >= 0.3 is 11.0 Å². The van der Waals surface area contributed by atoms with Crippen molar-refractivity contribution >= 4 is 34.1 Å².